The van der Waals surface area contributed by atoms with Crippen molar-refractivity contribution < 1.29 is 4.74 Å². The van der Waals surface area contributed by atoms with E-state index in [0.717, 1.165) is 26.1 Å². The molecule has 0 bridgehead atoms. The molecule has 1 spiro atoms. The van der Waals surface area contributed by atoms with Gasteiger partial charge in [-0.25, -0.2) is 0 Å². The highest BCUT2D eigenvalue weighted by Crippen LogP contribution is 2.54. The molecule has 3 fully saturated rings. The van der Waals surface area contributed by atoms with Gasteiger partial charge in [0, 0.05) is 24.1 Å². The molecule has 3 atom stereocenters. The summed E-state index contributed by atoms with van der Waals surface area (Å²) in [5, 5.41) is 3.52. The van der Waals surface area contributed by atoms with Crippen LogP contribution in [0.2, 0.25) is 0 Å². The van der Waals surface area contributed by atoms with Gasteiger partial charge in [0.25, 0.3) is 0 Å². The van der Waals surface area contributed by atoms with Gasteiger partial charge in [-0.2, -0.15) is 0 Å². The van der Waals surface area contributed by atoms with Crippen molar-refractivity contribution in [2.75, 3.05) is 26.2 Å². The number of nitrogens with one attached hydrogen (secondary N) is 1. The summed E-state index contributed by atoms with van der Waals surface area (Å²) in [6.45, 7) is 8.32. The number of rotatable bonds is 6. The molecule has 0 aromatic heterocycles. The van der Waals surface area contributed by atoms with E-state index in [4.69, 9.17) is 10.5 Å². The van der Waals surface area contributed by atoms with Gasteiger partial charge in [-0.3, -0.25) is 9.89 Å². The highest BCUT2D eigenvalue weighted by Gasteiger charge is 2.56. The van der Waals surface area contributed by atoms with Crippen LogP contribution in [0.5, 0.6) is 0 Å². The van der Waals surface area contributed by atoms with E-state index < -0.39 is 0 Å². The van der Waals surface area contributed by atoms with Gasteiger partial charge in [-0.15, -0.1) is 24.0 Å². The first-order valence-corrected chi connectivity index (χ1v) is 9.61. The molecule has 3 rings (SSSR count). The van der Waals surface area contributed by atoms with Crippen molar-refractivity contribution in [1.29, 1.82) is 0 Å². The van der Waals surface area contributed by atoms with Gasteiger partial charge >= 0.3 is 0 Å². The zero-order chi connectivity index (χ0) is 16.3. The van der Waals surface area contributed by atoms with Crippen LogP contribution in [0, 0.1) is 5.41 Å². The Kier molecular flexibility index (Phi) is 7.61. The first kappa shape index (κ1) is 20.2. The molecule has 140 valence electrons. The molecule has 5 nitrogen and oxygen atoms in total. The predicted octanol–water partition coefficient (Wildman–Crippen LogP) is 2.73. The molecule has 0 radical (unpaired) electrons. The monoisotopic (exact) mass is 450 g/mol. The van der Waals surface area contributed by atoms with E-state index in [1.165, 1.54) is 45.1 Å². The summed E-state index contributed by atoms with van der Waals surface area (Å²) in [6, 6.07) is 1.04. The van der Waals surface area contributed by atoms with Gasteiger partial charge in [0.1, 0.15) is 0 Å². The summed E-state index contributed by atoms with van der Waals surface area (Å²) in [6.07, 6.45) is 9.25. The van der Waals surface area contributed by atoms with Crippen molar-refractivity contribution in [3.63, 3.8) is 0 Å². The molecule has 3 aliphatic rings. The summed E-state index contributed by atoms with van der Waals surface area (Å²) in [5.41, 5.74) is 6.52. The van der Waals surface area contributed by atoms with Crippen LogP contribution in [-0.2, 0) is 4.74 Å². The topological polar surface area (TPSA) is 62.9 Å². The number of hydrogen-bond donors (Lipinski definition) is 2. The summed E-state index contributed by atoms with van der Waals surface area (Å²) in [7, 11) is 0. The number of aliphatic imine (C=N–C) groups is 1. The Morgan fingerprint density at radius 3 is 2.71 bits per heavy atom. The van der Waals surface area contributed by atoms with Crippen molar-refractivity contribution in [3.05, 3.63) is 0 Å². The highest BCUT2D eigenvalue weighted by atomic mass is 127. The molecule has 3 unspecified atom stereocenters. The molecule has 6 heteroatoms. The minimum atomic E-state index is 0. The van der Waals surface area contributed by atoms with Gasteiger partial charge in [0.15, 0.2) is 5.96 Å². The SMILES string of the molecule is CCOC1CC(NC(N)=NCC2CCCN2CC)C12CCCC2.I. The predicted molar refractivity (Wildman–Crippen MR) is 110 cm³/mol. The van der Waals surface area contributed by atoms with E-state index in [1.54, 1.807) is 0 Å². The Hall–Kier alpha value is -0.0800. The second-order valence-electron chi connectivity index (χ2n) is 7.47. The number of likely N-dealkylation sites (N-methyl/N-ethyl adjacent to an activating group) is 1. The molecule has 0 aromatic rings. The van der Waals surface area contributed by atoms with Crippen LogP contribution in [0.3, 0.4) is 0 Å². The molecule has 3 N–H and O–H groups in total. The second-order valence-corrected chi connectivity index (χ2v) is 7.47. The lowest BCUT2D eigenvalue weighted by atomic mass is 9.60. The molecule has 1 saturated heterocycles. The zero-order valence-corrected chi connectivity index (χ0v) is 17.6. The maximum absolute atomic E-state index is 6.20. The normalized spacial score (nSPS) is 32.6. The lowest BCUT2D eigenvalue weighted by Crippen LogP contribution is -2.64. The maximum atomic E-state index is 6.20. The third-order valence-corrected chi connectivity index (χ3v) is 6.39. The van der Waals surface area contributed by atoms with Crippen LogP contribution >= 0.6 is 24.0 Å². The van der Waals surface area contributed by atoms with Crippen molar-refractivity contribution in [2.45, 2.75) is 77.0 Å². The second kappa shape index (κ2) is 9.03. The van der Waals surface area contributed by atoms with Crippen molar-refractivity contribution in [3.8, 4) is 0 Å². The Balaban J connectivity index is 0.00000208. The third kappa shape index (κ3) is 4.01. The van der Waals surface area contributed by atoms with Crippen molar-refractivity contribution in [2.24, 2.45) is 16.1 Å². The average molecular weight is 450 g/mol. The van der Waals surface area contributed by atoms with Crippen molar-refractivity contribution in [1.82, 2.24) is 10.2 Å². The Morgan fingerprint density at radius 1 is 1.29 bits per heavy atom. The van der Waals surface area contributed by atoms with Crippen LogP contribution in [0.4, 0.5) is 0 Å². The largest absolute Gasteiger partial charge is 0.378 e. The first-order chi connectivity index (χ1) is 11.2. The fourth-order valence-corrected chi connectivity index (χ4v) is 5.04. The number of ether oxygens (including phenoxy) is 1. The number of nitrogens with two attached hydrogens (primary N) is 1. The molecular weight excluding hydrogens is 415 g/mol. The smallest absolute Gasteiger partial charge is 0.188 e. The summed E-state index contributed by atoms with van der Waals surface area (Å²) >= 11 is 0. The van der Waals surface area contributed by atoms with Crippen LogP contribution in [0.25, 0.3) is 0 Å². The lowest BCUT2D eigenvalue weighted by molar-refractivity contribution is -0.125. The van der Waals surface area contributed by atoms with Crippen LogP contribution < -0.4 is 11.1 Å². The van der Waals surface area contributed by atoms with Gasteiger partial charge < -0.3 is 15.8 Å². The lowest BCUT2D eigenvalue weighted by Gasteiger charge is -2.54. The van der Waals surface area contributed by atoms with E-state index in [2.05, 4.69) is 29.1 Å². The van der Waals surface area contributed by atoms with E-state index in [1.807, 2.05) is 0 Å². The Labute approximate surface area is 164 Å². The standard InChI is InChI=1S/C18H34N4O.HI/c1-3-22-11-7-8-14(22)13-20-17(19)21-15-12-16(23-4-2)18(15)9-5-6-10-18;/h14-16H,3-13H2,1-2H3,(H3,19,20,21);1H. The molecular formula is C18H35IN4O. The molecule has 1 aliphatic heterocycles. The number of halogens is 1. The molecule has 0 aromatic carbocycles. The van der Waals surface area contributed by atoms with Crippen LogP contribution in [0.15, 0.2) is 4.99 Å². The number of hydrogen-bond acceptors (Lipinski definition) is 3. The van der Waals surface area contributed by atoms with Crippen molar-refractivity contribution >= 4 is 29.9 Å². The first-order valence-electron chi connectivity index (χ1n) is 9.61. The van der Waals surface area contributed by atoms with E-state index in [0.29, 0.717) is 29.6 Å². The summed E-state index contributed by atoms with van der Waals surface area (Å²) in [5.74, 6) is 0.638. The van der Waals surface area contributed by atoms with E-state index >= 15 is 0 Å². The summed E-state index contributed by atoms with van der Waals surface area (Å²) < 4.78 is 5.97. The zero-order valence-electron chi connectivity index (χ0n) is 15.3. The number of guanidine groups is 1. The van der Waals surface area contributed by atoms with Crippen LogP contribution in [0.1, 0.15) is 58.8 Å². The van der Waals surface area contributed by atoms with Gasteiger partial charge in [-0.1, -0.05) is 19.8 Å². The Morgan fingerprint density at radius 2 is 2.04 bits per heavy atom. The fourth-order valence-electron chi connectivity index (χ4n) is 5.04. The number of likely N-dealkylation sites (tertiary alicyclic amines) is 1. The van der Waals surface area contributed by atoms with Gasteiger partial charge in [0.2, 0.25) is 0 Å². The minimum Gasteiger partial charge on any atom is -0.378 e. The van der Waals surface area contributed by atoms with Crippen LogP contribution in [-0.4, -0.2) is 55.3 Å². The molecule has 1 heterocycles. The Bertz CT molecular complexity index is 425. The molecule has 0 amide bonds. The summed E-state index contributed by atoms with van der Waals surface area (Å²) in [4.78, 5) is 7.17. The fraction of sp³-hybridized carbons (Fsp3) is 0.944. The highest BCUT2D eigenvalue weighted by molar-refractivity contribution is 14.0. The molecule has 24 heavy (non-hydrogen) atoms. The minimum absolute atomic E-state index is 0. The van der Waals surface area contributed by atoms with Gasteiger partial charge in [-0.05, 0) is 52.1 Å². The van der Waals surface area contributed by atoms with E-state index in [9.17, 15) is 0 Å². The average Bonchev–Trinajstić information content (AvgIpc) is 3.22. The van der Waals surface area contributed by atoms with Gasteiger partial charge in [0.05, 0.1) is 12.6 Å². The molecule has 2 saturated carbocycles. The maximum Gasteiger partial charge on any atom is 0.188 e. The van der Waals surface area contributed by atoms with E-state index in [-0.39, 0.29) is 24.0 Å². The molecule has 2 aliphatic carbocycles. The quantitative estimate of drug-likeness (QED) is 0.371. The third-order valence-electron chi connectivity index (χ3n) is 6.39. The number of nitrogens with zero attached hydrogens (tertiary/aromatic N) is 2.